The second-order valence-corrected chi connectivity index (χ2v) is 11.5. The molecular formula is C32H39FN6O3. The van der Waals surface area contributed by atoms with Gasteiger partial charge in [0.2, 0.25) is 11.8 Å². The number of hydrogen-bond acceptors (Lipinski definition) is 5. The molecule has 0 radical (unpaired) electrons. The minimum atomic E-state index is -0.672. The molecule has 2 atom stereocenters. The summed E-state index contributed by atoms with van der Waals surface area (Å²) in [5.74, 6) is -1.35. The van der Waals surface area contributed by atoms with Crippen LogP contribution in [0.1, 0.15) is 54.6 Å². The maximum absolute atomic E-state index is 14.8. The molecule has 0 saturated carbocycles. The normalized spacial score (nSPS) is 21.1. The average molecular weight is 575 g/mol. The van der Waals surface area contributed by atoms with Gasteiger partial charge in [-0.25, -0.2) is 9.07 Å². The predicted octanol–water partition coefficient (Wildman–Crippen LogP) is 3.32. The molecule has 2 bridgehead atoms. The van der Waals surface area contributed by atoms with Gasteiger partial charge in [0.1, 0.15) is 11.9 Å². The number of carbonyl (C=O) groups excluding carboxylic acids is 3. The van der Waals surface area contributed by atoms with Gasteiger partial charge < -0.3 is 15.5 Å². The summed E-state index contributed by atoms with van der Waals surface area (Å²) in [6, 6.07) is 13.4. The Kier molecular flexibility index (Phi) is 9.31. The second kappa shape index (κ2) is 13.3. The number of benzene rings is 2. The molecule has 0 spiro atoms. The first-order valence-electron chi connectivity index (χ1n) is 14.8. The number of nitrogens with one attached hydrogen (secondary N) is 2. The number of aromatic nitrogens is 2. The SMILES string of the molecule is CC(C)[C@@H]1CN(Cc2ccccc2-n2cccn2)CC(=O)NCCCc2ccc(F)c(c2)C(=O)N2CCC[C@H]2C(=O)N1. The summed E-state index contributed by atoms with van der Waals surface area (Å²) in [5, 5.41) is 10.6. The van der Waals surface area contributed by atoms with Gasteiger partial charge in [0, 0.05) is 44.6 Å². The van der Waals surface area contributed by atoms with Crippen LogP contribution in [-0.4, -0.2) is 75.6 Å². The Bertz CT molecular complexity index is 1410. The van der Waals surface area contributed by atoms with Crippen molar-refractivity contribution < 1.29 is 18.8 Å². The van der Waals surface area contributed by atoms with E-state index in [1.165, 1.54) is 11.0 Å². The van der Waals surface area contributed by atoms with Gasteiger partial charge in [0.05, 0.1) is 17.8 Å². The van der Waals surface area contributed by atoms with Crippen molar-refractivity contribution in [2.75, 3.05) is 26.2 Å². The molecule has 0 unspecified atom stereocenters. The topological polar surface area (TPSA) is 99.6 Å². The number of aryl methyl sites for hydroxylation is 1. The van der Waals surface area contributed by atoms with E-state index in [1.54, 1.807) is 23.0 Å². The summed E-state index contributed by atoms with van der Waals surface area (Å²) >= 11 is 0. The van der Waals surface area contributed by atoms with Crippen LogP contribution in [0.15, 0.2) is 60.9 Å². The van der Waals surface area contributed by atoms with Crippen molar-refractivity contribution in [2.45, 2.75) is 58.2 Å². The standard InChI is InChI=1S/C32H39FN6O3/c1-22(2)27-20-37(19-24-9-3-4-10-28(24)39-17-7-15-35-39)21-30(40)34-14-5-8-23-12-13-26(33)25(18-23)32(42)38-16-6-11-29(38)31(41)36-27/h3-4,7,9-10,12-13,15,17-18,22,27,29H,5-6,8,11,14,16,19-21H2,1-2H3,(H,34,40)(H,36,41)/t27-,29-/m0/s1. The fourth-order valence-corrected chi connectivity index (χ4v) is 5.79. The van der Waals surface area contributed by atoms with E-state index in [2.05, 4.69) is 20.6 Å². The van der Waals surface area contributed by atoms with Gasteiger partial charge in [-0.1, -0.05) is 38.1 Å². The van der Waals surface area contributed by atoms with Crippen LogP contribution in [0.5, 0.6) is 0 Å². The van der Waals surface area contributed by atoms with E-state index >= 15 is 0 Å². The van der Waals surface area contributed by atoms with Crippen molar-refractivity contribution in [2.24, 2.45) is 5.92 Å². The molecule has 3 aromatic rings. The van der Waals surface area contributed by atoms with Crippen LogP contribution in [0.3, 0.4) is 0 Å². The van der Waals surface area contributed by atoms with Crippen LogP contribution in [0.2, 0.25) is 0 Å². The first kappa shape index (κ1) is 29.4. The monoisotopic (exact) mass is 574 g/mol. The van der Waals surface area contributed by atoms with Crippen LogP contribution >= 0.6 is 0 Å². The highest BCUT2D eigenvalue weighted by Gasteiger charge is 2.37. The number of carbonyl (C=O) groups is 3. The van der Waals surface area contributed by atoms with E-state index in [0.29, 0.717) is 51.9 Å². The third-order valence-electron chi connectivity index (χ3n) is 8.13. The summed E-state index contributed by atoms with van der Waals surface area (Å²) in [4.78, 5) is 43.8. The lowest BCUT2D eigenvalue weighted by Gasteiger charge is -2.32. The highest BCUT2D eigenvalue weighted by Crippen LogP contribution is 2.24. The van der Waals surface area contributed by atoms with Gasteiger partial charge in [0.25, 0.3) is 5.91 Å². The quantitative estimate of drug-likeness (QED) is 0.498. The number of halogens is 1. The van der Waals surface area contributed by atoms with Gasteiger partial charge in [-0.05, 0) is 67.0 Å². The largest absolute Gasteiger partial charge is 0.355 e. The Hall–Kier alpha value is -4.05. The molecule has 2 aromatic carbocycles. The molecule has 1 fully saturated rings. The average Bonchev–Trinajstić information content (AvgIpc) is 3.68. The van der Waals surface area contributed by atoms with Gasteiger partial charge in [-0.3, -0.25) is 19.3 Å². The Morgan fingerprint density at radius 2 is 1.90 bits per heavy atom. The van der Waals surface area contributed by atoms with Gasteiger partial charge in [-0.2, -0.15) is 5.10 Å². The van der Waals surface area contributed by atoms with E-state index in [9.17, 15) is 18.8 Å². The third-order valence-corrected chi connectivity index (χ3v) is 8.13. The zero-order chi connectivity index (χ0) is 29.6. The van der Waals surface area contributed by atoms with Crippen molar-refractivity contribution >= 4 is 17.7 Å². The van der Waals surface area contributed by atoms with Gasteiger partial charge in [0.15, 0.2) is 0 Å². The van der Waals surface area contributed by atoms with E-state index in [1.807, 2.05) is 50.4 Å². The van der Waals surface area contributed by atoms with Crippen molar-refractivity contribution in [3.8, 4) is 5.69 Å². The molecule has 10 heteroatoms. The molecule has 1 aromatic heterocycles. The molecule has 42 heavy (non-hydrogen) atoms. The molecule has 2 aliphatic rings. The number of amides is 3. The first-order valence-corrected chi connectivity index (χ1v) is 14.8. The Morgan fingerprint density at radius 3 is 2.69 bits per heavy atom. The van der Waals surface area contributed by atoms with E-state index in [0.717, 1.165) is 16.8 Å². The number of fused-ring (bicyclic) bond motifs is 3. The van der Waals surface area contributed by atoms with E-state index in [4.69, 9.17) is 0 Å². The summed E-state index contributed by atoms with van der Waals surface area (Å²) < 4.78 is 16.6. The lowest BCUT2D eigenvalue weighted by molar-refractivity contribution is -0.126. The van der Waals surface area contributed by atoms with Crippen molar-refractivity contribution in [1.29, 1.82) is 0 Å². The smallest absolute Gasteiger partial charge is 0.257 e. The molecule has 3 heterocycles. The zero-order valence-electron chi connectivity index (χ0n) is 24.3. The molecule has 1 saturated heterocycles. The Balaban J connectivity index is 1.43. The van der Waals surface area contributed by atoms with Gasteiger partial charge in [-0.15, -0.1) is 0 Å². The highest BCUT2D eigenvalue weighted by molar-refractivity contribution is 5.98. The second-order valence-electron chi connectivity index (χ2n) is 11.5. The molecule has 2 aliphatic heterocycles. The number of para-hydroxylation sites is 1. The summed E-state index contributed by atoms with van der Waals surface area (Å²) in [7, 11) is 0. The minimum absolute atomic E-state index is 0.0111. The first-order chi connectivity index (χ1) is 20.3. The number of hydrogen-bond donors (Lipinski definition) is 2. The lowest BCUT2D eigenvalue weighted by Crippen LogP contribution is -2.53. The fourth-order valence-electron chi connectivity index (χ4n) is 5.79. The molecule has 9 nitrogen and oxygen atoms in total. The van der Waals surface area contributed by atoms with Crippen molar-refractivity contribution in [3.05, 3.63) is 83.4 Å². The summed E-state index contributed by atoms with van der Waals surface area (Å²) in [6.45, 7) is 5.98. The number of rotatable bonds is 4. The van der Waals surface area contributed by atoms with Crippen LogP contribution in [0.25, 0.3) is 5.69 Å². The molecule has 3 amide bonds. The molecule has 2 N–H and O–H groups in total. The van der Waals surface area contributed by atoms with Crippen LogP contribution < -0.4 is 10.6 Å². The number of nitrogens with zero attached hydrogens (tertiary/aromatic N) is 4. The fraction of sp³-hybridized carbons (Fsp3) is 0.438. The van der Waals surface area contributed by atoms with Gasteiger partial charge >= 0.3 is 0 Å². The predicted molar refractivity (Wildman–Crippen MR) is 157 cm³/mol. The Labute approximate surface area is 246 Å². The molecule has 5 rings (SSSR count). The molecule has 222 valence electrons. The van der Waals surface area contributed by atoms with Crippen LogP contribution in [-0.2, 0) is 22.6 Å². The summed E-state index contributed by atoms with van der Waals surface area (Å²) in [6.07, 6.45) is 6.04. The zero-order valence-corrected chi connectivity index (χ0v) is 24.3. The van der Waals surface area contributed by atoms with Crippen LogP contribution in [0, 0.1) is 11.7 Å². The Morgan fingerprint density at radius 1 is 1.07 bits per heavy atom. The maximum atomic E-state index is 14.8. The van der Waals surface area contributed by atoms with Crippen molar-refractivity contribution in [1.82, 2.24) is 30.2 Å². The van der Waals surface area contributed by atoms with E-state index < -0.39 is 17.8 Å². The lowest BCUT2D eigenvalue weighted by atomic mass is 10.0. The molecule has 0 aliphatic carbocycles. The third kappa shape index (κ3) is 6.87. The maximum Gasteiger partial charge on any atom is 0.257 e. The van der Waals surface area contributed by atoms with E-state index in [-0.39, 0.29) is 35.9 Å². The van der Waals surface area contributed by atoms with Crippen LogP contribution in [0.4, 0.5) is 4.39 Å². The molecular weight excluding hydrogens is 535 g/mol. The van der Waals surface area contributed by atoms with Crippen molar-refractivity contribution in [3.63, 3.8) is 0 Å². The summed E-state index contributed by atoms with van der Waals surface area (Å²) in [5.41, 5.74) is 2.73. The minimum Gasteiger partial charge on any atom is -0.355 e. The highest BCUT2D eigenvalue weighted by atomic mass is 19.1.